The number of ketones is 1. The normalized spacial score (nSPS) is 16.6. The van der Waals surface area contributed by atoms with Crippen LogP contribution in [0, 0.1) is 6.92 Å². The van der Waals surface area contributed by atoms with E-state index < -0.39 is 23.1 Å². The number of rotatable bonds is 5. The first-order valence-electron chi connectivity index (χ1n) is 9.76. The molecule has 0 amide bonds. The van der Waals surface area contributed by atoms with Gasteiger partial charge in [-0.3, -0.25) is 4.79 Å². The lowest BCUT2D eigenvalue weighted by atomic mass is 9.74. The van der Waals surface area contributed by atoms with E-state index in [9.17, 15) is 19.5 Å². The Balaban J connectivity index is 2.00. The van der Waals surface area contributed by atoms with Gasteiger partial charge in [-0.2, -0.15) is 0 Å². The maximum atomic E-state index is 12.9. The van der Waals surface area contributed by atoms with Crippen molar-refractivity contribution in [1.29, 1.82) is 0 Å². The molecule has 0 unspecified atom stereocenters. The van der Waals surface area contributed by atoms with E-state index in [1.54, 1.807) is 0 Å². The van der Waals surface area contributed by atoms with E-state index in [0.717, 1.165) is 28.3 Å². The Morgan fingerprint density at radius 3 is 2.17 bits per heavy atom. The van der Waals surface area contributed by atoms with Crippen LogP contribution in [0.5, 0.6) is 0 Å². The standard InChI is InChI=1S/C24H26O6/c1-13-8-19-18(23(2,3)12-30-24(19,4)5)10-15(13)11-20(25)14-6-7-16(21(26)27)17(9-14)22(28)29/h6-10H,11-12H2,1-5H3,(H,26,27)(H,28,29). The van der Waals surface area contributed by atoms with Crippen LogP contribution in [0.2, 0.25) is 0 Å². The number of hydrogen-bond acceptors (Lipinski definition) is 4. The van der Waals surface area contributed by atoms with E-state index in [1.165, 1.54) is 12.1 Å². The summed E-state index contributed by atoms with van der Waals surface area (Å²) in [6.45, 7) is 10.8. The van der Waals surface area contributed by atoms with Crippen LogP contribution in [0.15, 0.2) is 30.3 Å². The number of fused-ring (bicyclic) bond motifs is 1. The van der Waals surface area contributed by atoms with Gasteiger partial charge in [0.15, 0.2) is 5.78 Å². The van der Waals surface area contributed by atoms with Crippen molar-refractivity contribution in [3.63, 3.8) is 0 Å². The summed E-state index contributed by atoms with van der Waals surface area (Å²) in [5.74, 6) is -2.98. The Morgan fingerprint density at radius 1 is 0.933 bits per heavy atom. The van der Waals surface area contributed by atoms with Gasteiger partial charge in [-0.1, -0.05) is 32.0 Å². The number of Topliss-reactive ketones (excluding diaryl/α,β-unsaturated/α-hetero) is 1. The van der Waals surface area contributed by atoms with Gasteiger partial charge in [0.25, 0.3) is 0 Å². The number of carboxylic acid groups (broad SMARTS) is 2. The van der Waals surface area contributed by atoms with Crippen LogP contribution in [0.4, 0.5) is 0 Å². The molecule has 0 atom stereocenters. The maximum Gasteiger partial charge on any atom is 0.336 e. The summed E-state index contributed by atoms with van der Waals surface area (Å²) in [7, 11) is 0. The number of hydrogen-bond donors (Lipinski definition) is 2. The van der Waals surface area contributed by atoms with Crippen molar-refractivity contribution in [2.75, 3.05) is 6.61 Å². The zero-order valence-corrected chi connectivity index (χ0v) is 17.8. The van der Waals surface area contributed by atoms with Crippen LogP contribution in [0.1, 0.15) is 81.0 Å². The third-order valence-electron chi connectivity index (χ3n) is 5.80. The molecule has 30 heavy (non-hydrogen) atoms. The van der Waals surface area contributed by atoms with Gasteiger partial charge in [0, 0.05) is 17.4 Å². The van der Waals surface area contributed by atoms with Gasteiger partial charge in [0.2, 0.25) is 0 Å². The molecule has 0 spiro atoms. The summed E-state index contributed by atoms with van der Waals surface area (Å²) < 4.78 is 6.05. The average Bonchev–Trinajstić information content (AvgIpc) is 2.66. The number of carbonyl (C=O) groups excluding carboxylic acids is 1. The monoisotopic (exact) mass is 410 g/mol. The van der Waals surface area contributed by atoms with E-state index in [-0.39, 0.29) is 28.7 Å². The smallest absolute Gasteiger partial charge is 0.336 e. The summed E-state index contributed by atoms with van der Waals surface area (Å²) in [4.78, 5) is 35.6. The van der Waals surface area contributed by atoms with E-state index in [2.05, 4.69) is 26.0 Å². The van der Waals surface area contributed by atoms with Crippen LogP contribution < -0.4 is 0 Å². The molecule has 158 valence electrons. The third-order valence-corrected chi connectivity index (χ3v) is 5.80. The highest BCUT2D eigenvalue weighted by Gasteiger charge is 2.38. The number of ether oxygens (including phenoxy) is 1. The van der Waals surface area contributed by atoms with Crippen molar-refractivity contribution >= 4 is 17.7 Å². The van der Waals surface area contributed by atoms with E-state index in [1.807, 2.05) is 20.8 Å². The number of carboxylic acids is 2. The van der Waals surface area contributed by atoms with Gasteiger partial charge in [0.1, 0.15) is 0 Å². The van der Waals surface area contributed by atoms with Crippen molar-refractivity contribution in [1.82, 2.24) is 0 Å². The molecule has 0 saturated carbocycles. The summed E-state index contributed by atoms with van der Waals surface area (Å²) >= 11 is 0. The van der Waals surface area contributed by atoms with Crippen LogP contribution in [-0.2, 0) is 22.2 Å². The van der Waals surface area contributed by atoms with E-state index in [4.69, 9.17) is 9.84 Å². The molecule has 6 nitrogen and oxygen atoms in total. The Morgan fingerprint density at radius 2 is 1.57 bits per heavy atom. The predicted octanol–water partition coefficient (Wildman–Crippen LogP) is 4.36. The highest BCUT2D eigenvalue weighted by molar-refractivity contribution is 6.05. The first-order valence-corrected chi connectivity index (χ1v) is 9.76. The summed E-state index contributed by atoms with van der Waals surface area (Å²) in [6.07, 6.45) is 0.0992. The Kier molecular flexibility index (Phi) is 5.33. The summed E-state index contributed by atoms with van der Waals surface area (Å²) in [5, 5.41) is 18.5. The van der Waals surface area contributed by atoms with Gasteiger partial charge in [-0.25, -0.2) is 9.59 Å². The average molecular weight is 410 g/mol. The van der Waals surface area contributed by atoms with Gasteiger partial charge < -0.3 is 14.9 Å². The SMILES string of the molecule is Cc1cc2c(cc1CC(=O)c1ccc(C(=O)O)c(C(=O)O)c1)C(C)(C)COC2(C)C. The largest absolute Gasteiger partial charge is 0.478 e. The van der Waals surface area contributed by atoms with Crippen molar-refractivity contribution < 1.29 is 29.3 Å². The molecule has 1 heterocycles. The molecule has 1 aliphatic rings. The Hall–Kier alpha value is -2.99. The second-order valence-electron chi connectivity index (χ2n) is 8.98. The molecule has 0 bridgehead atoms. The number of aryl methyl sites for hydroxylation is 1. The van der Waals surface area contributed by atoms with Crippen molar-refractivity contribution in [3.8, 4) is 0 Å². The fraction of sp³-hybridized carbons (Fsp3) is 0.375. The zero-order chi connectivity index (χ0) is 22.4. The minimum atomic E-state index is -1.38. The Bertz CT molecular complexity index is 1060. The molecule has 0 aliphatic carbocycles. The van der Waals surface area contributed by atoms with Crippen LogP contribution in [0.3, 0.4) is 0 Å². The van der Waals surface area contributed by atoms with Crippen molar-refractivity contribution in [2.45, 2.75) is 52.1 Å². The zero-order valence-electron chi connectivity index (χ0n) is 17.8. The highest BCUT2D eigenvalue weighted by atomic mass is 16.5. The fourth-order valence-electron chi connectivity index (χ4n) is 3.87. The fourth-order valence-corrected chi connectivity index (χ4v) is 3.87. The summed E-state index contributed by atoms with van der Waals surface area (Å²) in [5.41, 5.74) is 2.89. The lowest BCUT2D eigenvalue weighted by Gasteiger charge is -2.42. The van der Waals surface area contributed by atoms with Crippen molar-refractivity contribution in [3.05, 3.63) is 69.3 Å². The number of carbonyl (C=O) groups is 3. The van der Waals surface area contributed by atoms with Gasteiger partial charge in [0.05, 0.1) is 23.3 Å². The maximum absolute atomic E-state index is 12.9. The quantitative estimate of drug-likeness (QED) is 0.711. The topological polar surface area (TPSA) is 101 Å². The van der Waals surface area contributed by atoms with E-state index >= 15 is 0 Å². The molecular formula is C24H26O6. The summed E-state index contributed by atoms with van der Waals surface area (Å²) in [6, 6.07) is 7.79. The van der Waals surface area contributed by atoms with Gasteiger partial charge in [-0.05, 0) is 55.2 Å². The molecule has 2 N–H and O–H groups in total. The second kappa shape index (κ2) is 7.36. The second-order valence-corrected chi connectivity index (χ2v) is 8.98. The highest BCUT2D eigenvalue weighted by Crippen LogP contribution is 2.42. The lowest BCUT2D eigenvalue weighted by molar-refractivity contribution is -0.0588. The molecular weight excluding hydrogens is 384 g/mol. The van der Waals surface area contributed by atoms with E-state index in [0.29, 0.717) is 6.61 Å². The van der Waals surface area contributed by atoms with Crippen LogP contribution >= 0.6 is 0 Å². The first-order chi connectivity index (χ1) is 13.8. The van der Waals surface area contributed by atoms with Gasteiger partial charge in [-0.15, -0.1) is 0 Å². The third kappa shape index (κ3) is 3.87. The van der Waals surface area contributed by atoms with Crippen molar-refractivity contribution in [2.24, 2.45) is 0 Å². The molecule has 1 aliphatic heterocycles. The molecule has 0 fully saturated rings. The molecule has 2 aromatic carbocycles. The lowest BCUT2D eigenvalue weighted by Crippen LogP contribution is -2.40. The molecule has 0 aromatic heterocycles. The predicted molar refractivity (Wildman–Crippen MR) is 112 cm³/mol. The number of aromatic carboxylic acids is 2. The Labute approximate surface area is 175 Å². The van der Waals surface area contributed by atoms with Gasteiger partial charge >= 0.3 is 11.9 Å². The molecule has 0 radical (unpaired) electrons. The first kappa shape index (κ1) is 21.7. The number of benzene rings is 2. The van der Waals surface area contributed by atoms with Crippen LogP contribution in [0.25, 0.3) is 0 Å². The molecule has 3 rings (SSSR count). The minimum absolute atomic E-state index is 0.0992. The molecule has 2 aromatic rings. The minimum Gasteiger partial charge on any atom is -0.478 e. The molecule has 0 saturated heterocycles. The van der Waals surface area contributed by atoms with Crippen LogP contribution in [-0.4, -0.2) is 34.5 Å². The molecule has 6 heteroatoms.